The Balaban J connectivity index is 2.08. The van der Waals surface area contributed by atoms with Crippen LogP contribution in [0.2, 0.25) is 0 Å². The van der Waals surface area contributed by atoms with Crippen molar-refractivity contribution < 1.29 is 0 Å². The fraction of sp³-hybridized carbons (Fsp3) is 1.00. The Bertz CT molecular complexity index is 90.2. The zero-order chi connectivity index (χ0) is 4.85. The quantitative estimate of drug-likeness (QED) is 0.474. The molecule has 0 radical (unpaired) electrons. The van der Waals surface area contributed by atoms with Crippen molar-refractivity contribution in [3.63, 3.8) is 0 Å². The third kappa shape index (κ3) is 0.418. The molecule has 1 heteroatoms. The normalized spacial score (nSPS) is 57.0. The maximum absolute atomic E-state index is 5.72. The molecule has 2 saturated carbocycles. The van der Waals surface area contributed by atoms with E-state index in [0.717, 1.165) is 11.8 Å². The number of rotatable bonds is 0. The summed E-state index contributed by atoms with van der Waals surface area (Å²) in [6, 6.07) is 0.588. The molecule has 7 heavy (non-hydrogen) atoms. The van der Waals surface area contributed by atoms with Crippen LogP contribution < -0.4 is 5.73 Å². The number of nitrogens with two attached hydrogens (primary N) is 1. The van der Waals surface area contributed by atoms with Gasteiger partial charge in [-0.15, -0.1) is 0 Å². The van der Waals surface area contributed by atoms with E-state index in [1.165, 1.54) is 19.3 Å². The van der Waals surface area contributed by atoms with Crippen LogP contribution in [0.15, 0.2) is 0 Å². The average molecular weight is 97.2 g/mol. The molecule has 3 atom stereocenters. The van der Waals surface area contributed by atoms with E-state index >= 15 is 0 Å². The molecule has 0 saturated heterocycles. The van der Waals surface area contributed by atoms with Crippen LogP contribution in [0.25, 0.3) is 0 Å². The molecule has 2 fully saturated rings. The van der Waals surface area contributed by atoms with Crippen molar-refractivity contribution in [1.82, 2.24) is 0 Å². The predicted molar refractivity (Wildman–Crippen MR) is 28.8 cm³/mol. The molecule has 0 heterocycles. The minimum absolute atomic E-state index is 0.588. The zero-order valence-corrected chi connectivity index (χ0v) is 4.43. The van der Waals surface area contributed by atoms with Gasteiger partial charge in [-0.3, -0.25) is 0 Å². The summed E-state index contributed by atoms with van der Waals surface area (Å²) in [5.41, 5.74) is 5.72. The van der Waals surface area contributed by atoms with Crippen molar-refractivity contribution in [2.75, 3.05) is 0 Å². The van der Waals surface area contributed by atoms with Crippen LogP contribution in [0.3, 0.4) is 0 Å². The standard InChI is InChI=1S/C6H11N/c7-6-2-1-4-3-5(4)6/h4-6H,1-3,7H2/t4-,5-,6+/m1/s1. The lowest BCUT2D eigenvalue weighted by molar-refractivity contribution is 0.614. The number of hydrogen-bond donors (Lipinski definition) is 1. The van der Waals surface area contributed by atoms with Crippen molar-refractivity contribution in [2.24, 2.45) is 17.6 Å². The first kappa shape index (κ1) is 3.90. The first-order chi connectivity index (χ1) is 3.38. The number of hydrogen-bond acceptors (Lipinski definition) is 1. The molecular formula is C6H11N. The monoisotopic (exact) mass is 97.1 g/mol. The molecule has 0 unspecified atom stereocenters. The van der Waals surface area contributed by atoms with E-state index in [1.54, 1.807) is 0 Å². The van der Waals surface area contributed by atoms with Crippen LogP contribution in [-0.2, 0) is 0 Å². The summed E-state index contributed by atoms with van der Waals surface area (Å²) in [6.45, 7) is 0. The van der Waals surface area contributed by atoms with E-state index < -0.39 is 0 Å². The van der Waals surface area contributed by atoms with E-state index in [-0.39, 0.29) is 0 Å². The lowest BCUT2D eigenvalue weighted by Crippen LogP contribution is -2.18. The predicted octanol–water partition coefficient (Wildman–Crippen LogP) is 0.744. The molecule has 0 aromatic heterocycles. The SMILES string of the molecule is N[C@H]1CC[C@@H]2C[C@H]21. The van der Waals surface area contributed by atoms with Gasteiger partial charge in [0.05, 0.1) is 0 Å². The van der Waals surface area contributed by atoms with E-state index in [4.69, 9.17) is 5.73 Å². The van der Waals surface area contributed by atoms with Gasteiger partial charge >= 0.3 is 0 Å². The van der Waals surface area contributed by atoms with E-state index in [9.17, 15) is 0 Å². The van der Waals surface area contributed by atoms with Gasteiger partial charge in [-0.2, -0.15) is 0 Å². The molecule has 0 aliphatic heterocycles. The van der Waals surface area contributed by atoms with E-state index in [0.29, 0.717) is 6.04 Å². The lowest BCUT2D eigenvalue weighted by Gasteiger charge is -1.99. The Labute approximate surface area is 43.9 Å². The molecule has 1 nitrogen and oxygen atoms in total. The summed E-state index contributed by atoms with van der Waals surface area (Å²) in [4.78, 5) is 0. The van der Waals surface area contributed by atoms with Crippen molar-refractivity contribution in [3.05, 3.63) is 0 Å². The molecule has 0 bridgehead atoms. The minimum atomic E-state index is 0.588. The lowest BCUT2D eigenvalue weighted by atomic mass is 10.2. The van der Waals surface area contributed by atoms with Crippen molar-refractivity contribution in [1.29, 1.82) is 0 Å². The first-order valence-corrected chi connectivity index (χ1v) is 3.13. The highest BCUT2D eigenvalue weighted by atomic mass is 14.7. The molecule has 0 aromatic carbocycles. The minimum Gasteiger partial charge on any atom is -0.327 e. The van der Waals surface area contributed by atoms with Crippen LogP contribution in [0.5, 0.6) is 0 Å². The van der Waals surface area contributed by atoms with Crippen molar-refractivity contribution in [2.45, 2.75) is 25.3 Å². The largest absolute Gasteiger partial charge is 0.327 e. The van der Waals surface area contributed by atoms with Gasteiger partial charge in [0.2, 0.25) is 0 Å². The molecule has 2 N–H and O–H groups in total. The van der Waals surface area contributed by atoms with Gasteiger partial charge in [0.1, 0.15) is 0 Å². The Hall–Kier alpha value is -0.0400. The van der Waals surface area contributed by atoms with E-state index in [1.807, 2.05) is 0 Å². The van der Waals surface area contributed by atoms with E-state index in [2.05, 4.69) is 0 Å². The van der Waals surface area contributed by atoms with Gasteiger partial charge in [0.25, 0.3) is 0 Å². The Morgan fingerprint density at radius 3 is 2.29 bits per heavy atom. The fourth-order valence-corrected chi connectivity index (χ4v) is 1.75. The number of fused-ring (bicyclic) bond motifs is 1. The van der Waals surface area contributed by atoms with Gasteiger partial charge < -0.3 is 5.73 Å². The highest BCUT2D eigenvalue weighted by molar-refractivity contribution is 4.99. The van der Waals surface area contributed by atoms with Crippen LogP contribution >= 0.6 is 0 Å². The third-order valence-corrected chi connectivity index (χ3v) is 2.40. The Morgan fingerprint density at radius 1 is 1.29 bits per heavy atom. The Morgan fingerprint density at radius 2 is 2.14 bits per heavy atom. The van der Waals surface area contributed by atoms with Gasteiger partial charge in [-0.1, -0.05) is 0 Å². The van der Waals surface area contributed by atoms with Crippen molar-refractivity contribution >= 4 is 0 Å². The maximum Gasteiger partial charge on any atom is 0.00700 e. The van der Waals surface area contributed by atoms with Crippen LogP contribution in [-0.4, -0.2) is 6.04 Å². The highest BCUT2D eigenvalue weighted by Crippen LogP contribution is 2.50. The molecule has 0 aromatic rings. The Kier molecular flexibility index (Phi) is 0.571. The second kappa shape index (κ2) is 1.03. The second-order valence-electron chi connectivity index (χ2n) is 2.90. The molecule has 40 valence electrons. The summed E-state index contributed by atoms with van der Waals surface area (Å²) in [5.74, 6) is 2.02. The van der Waals surface area contributed by atoms with Crippen LogP contribution in [0, 0.1) is 11.8 Å². The summed E-state index contributed by atoms with van der Waals surface area (Å²) in [5, 5.41) is 0. The molecule has 0 spiro atoms. The fourth-order valence-electron chi connectivity index (χ4n) is 1.75. The first-order valence-electron chi connectivity index (χ1n) is 3.13. The summed E-state index contributed by atoms with van der Waals surface area (Å²) >= 11 is 0. The molecule has 2 rings (SSSR count). The smallest absolute Gasteiger partial charge is 0.00700 e. The van der Waals surface area contributed by atoms with Gasteiger partial charge in [-0.25, -0.2) is 0 Å². The molecule has 0 amide bonds. The summed E-state index contributed by atoms with van der Waals surface area (Å²) in [7, 11) is 0. The van der Waals surface area contributed by atoms with Gasteiger partial charge in [-0.05, 0) is 31.1 Å². The molecule has 2 aliphatic carbocycles. The third-order valence-electron chi connectivity index (χ3n) is 2.40. The highest BCUT2D eigenvalue weighted by Gasteiger charge is 2.45. The summed E-state index contributed by atoms with van der Waals surface area (Å²) < 4.78 is 0. The van der Waals surface area contributed by atoms with Gasteiger partial charge in [0.15, 0.2) is 0 Å². The summed E-state index contributed by atoms with van der Waals surface area (Å²) in [6.07, 6.45) is 4.17. The zero-order valence-electron chi connectivity index (χ0n) is 4.43. The van der Waals surface area contributed by atoms with Crippen LogP contribution in [0.4, 0.5) is 0 Å². The maximum atomic E-state index is 5.72. The molecular weight excluding hydrogens is 86.1 g/mol. The topological polar surface area (TPSA) is 26.0 Å². The average Bonchev–Trinajstić information content (AvgIpc) is 2.33. The van der Waals surface area contributed by atoms with Gasteiger partial charge in [0, 0.05) is 6.04 Å². The molecule has 2 aliphatic rings. The van der Waals surface area contributed by atoms with Crippen molar-refractivity contribution in [3.8, 4) is 0 Å². The second-order valence-corrected chi connectivity index (χ2v) is 2.90. The van der Waals surface area contributed by atoms with Crippen LogP contribution in [0.1, 0.15) is 19.3 Å².